The normalized spacial score (nSPS) is 40.3. The molecule has 2 bridgehead atoms. The minimum Gasteiger partial charge on any atom is -0.481 e. The Labute approximate surface area is 152 Å². The van der Waals surface area contributed by atoms with Gasteiger partial charge in [0.2, 0.25) is 0 Å². The number of ketones is 1. The number of hydrogen-bond donors (Lipinski definition) is 2. The van der Waals surface area contributed by atoms with Gasteiger partial charge in [-0.1, -0.05) is 12.1 Å². The lowest BCUT2D eigenvalue weighted by atomic mass is 9.49. The lowest BCUT2D eigenvalue weighted by molar-refractivity contribution is -0.188. The Morgan fingerprint density at radius 3 is 2.88 bits per heavy atom. The van der Waals surface area contributed by atoms with E-state index < -0.39 is 17.1 Å². The van der Waals surface area contributed by atoms with Gasteiger partial charge >= 0.3 is 0 Å². The zero-order chi connectivity index (χ0) is 17.7. The Bertz CT molecular complexity index is 818. The number of hydrogen-bond acceptors (Lipinski definition) is 5. The van der Waals surface area contributed by atoms with Crippen molar-refractivity contribution >= 4 is 5.78 Å². The highest BCUT2D eigenvalue weighted by Gasteiger charge is 2.73. The van der Waals surface area contributed by atoms with Crippen molar-refractivity contribution in [2.45, 2.75) is 68.3 Å². The molecule has 5 aliphatic rings. The largest absolute Gasteiger partial charge is 0.481 e. The van der Waals surface area contributed by atoms with Crippen LogP contribution in [-0.2, 0) is 23.2 Å². The molecule has 0 radical (unpaired) electrons. The zero-order valence-electron chi connectivity index (χ0n) is 14.9. The molecule has 1 unspecified atom stereocenters. The van der Waals surface area contributed by atoms with Gasteiger partial charge in [0.05, 0.1) is 17.6 Å². The summed E-state index contributed by atoms with van der Waals surface area (Å²) < 4.78 is 6.22. The Kier molecular flexibility index (Phi) is 2.93. The minimum absolute atomic E-state index is 0.0643. The number of ether oxygens (including phenoxy) is 1. The second-order valence-electron chi connectivity index (χ2n) is 9.01. The van der Waals surface area contributed by atoms with Crippen molar-refractivity contribution in [1.29, 1.82) is 0 Å². The van der Waals surface area contributed by atoms with Gasteiger partial charge in [-0.15, -0.1) is 0 Å². The molecule has 1 spiro atoms. The fraction of sp³-hybridized carbons (Fsp3) is 0.667. The number of Topliss-reactive ketones (excluding diaryl/α,β-unsaturated/α-hetero) is 1. The van der Waals surface area contributed by atoms with Crippen LogP contribution in [0.25, 0.3) is 0 Å². The molecule has 0 aromatic heterocycles. The topological polar surface area (TPSA) is 70.0 Å². The van der Waals surface area contributed by atoms with Gasteiger partial charge in [0.1, 0.15) is 5.75 Å². The second kappa shape index (κ2) is 4.89. The second-order valence-corrected chi connectivity index (χ2v) is 9.01. The van der Waals surface area contributed by atoms with Gasteiger partial charge in [0, 0.05) is 30.1 Å². The van der Waals surface area contributed by atoms with Gasteiger partial charge in [-0.05, 0) is 50.1 Å². The summed E-state index contributed by atoms with van der Waals surface area (Å²) in [5.74, 6) is 1.57. The number of piperidine rings is 1. The molecule has 3 aliphatic carbocycles. The van der Waals surface area contributed by atoms with Crippen molar-refractivity contribution in [2.24, 2.45) is 5.92 Å². The average Bonchev–Trinajstić information content (AvgIpc) is 3.37. The molecule has 1 aromatic carbocycles. The number of carbonyl (C=O) groups excluding carboxylic acids is 1. The maximum Gasteiger partial charge on any atom is 0.174 e. The van der Waals surface area contributed by atoms with Crippen molar-refractivity contribution in [3.63, 3.8) is 0 Å². The molecular formula is C21H25NO4. The number of aliphatic hydroxyl groups is 2. The van der Waals surface area contributed by atoms with Crippen LogP contribution in [0.1, 0.15) is 48.8 Å². The summed E-state index contributed by atoms with van der Waals surface area (Å²) in [7, 11) is 0. The molecule has 5 nitrogen and oxygen atoms in total. The minimum atomic E-state index is -0.912. The van der Waals surface area contributed by atoms with Crippen LogP contribution in [0.15, 0.2) is 12.1 Å². The molecular weight excluding hydrogens is 330 g/mol. The van der Waals surface area contributed by atoms with Crippen LogP contribution in [-0.4, -0.2) is 51.7 Å². The highest BCUT2D eigenvalue weighted by molar-refractivity contribution is 5.89. The molecule has 2 N–H and O–H groups in total. The summed E-state index contributed by atoms with van der Waals surface area (Å²) in [5, 5.41) is 21.8. The Morgan fingerprint density at radius 2 is 2.12 bits per heavy atom. The summed E-state index contributed by atoms with van der Waals surface area (Å²) >= 11 is 0. The van der Waals surface area contributed by atoms with E-state index in [2.05, 4.69) is 11.0 Å². The van der Waals surface area contributed by atoms with Crippen LogP contribution < -0.4 is 4.74 Å². The summed E-state index contributed by atoms with van der Waals surface area (Å²) in [5.41, 5.74) is 1.43. The van der Waals surface area contributed by atoms with Crippen molar-refractivity contribution in [3.8, 4) is 5.75 Å². The van der Waals surface area contributed by atoms with Crippen LogP contribution in [0.4, 0.5) is 0 Å². The fourth-order valence-corrected chi connectivity index (χ4v) is 6.46. The van der Waals surface area contributed by atoms with E-state index in [4.69, 9.17) is 4.74 Å². The van der Waals surface area contributed by atoms with E-state index >= 15 is 0 Å². The quantitative estimate of drug-likeness (QED) is 0.856. The third kappa shape index (κ3) is 1.66. The van der Waals surface area contributed by atoms with Crippen molar-refractivity contribution < 1.29 is 19.7 Å². The van der Waals surface area contributed by atoms with Gasteiger partial charge in [0.25, 0.3) is 0 Å². The lowest BCUT2D eigenvalue weighted by Crippen LogP contribution is -2.76. The van der Waals surface area contributed by atoms with Gasteiger partial charge in [0.15, 0.2) is 11.9 Å². The van der Waals surface area contributed by atoms with Gasteiger partial charge in [-0.25, -0.2) is 0 Å². The first kappa shape index (κ1) is 15.6. The van der Waals surface area contributed by atoms with E-state index in [9.17, 15) is 15.0 Å². The van der Waals surface area contributed by atoms with Crippen LogP contribution in [0.2, 0.25) is 0 Å². The summed E-state index contributed by atoms with van der Waals surface area (Å²) in [6.45, 7) is 1.88. The molecule has 0 amide bonds. The number of benzene rings is 1. The standard InChI is InChI=1S/C21H25NO4/c23-11-14-4-3-13-9-16-21(25)6-5-15(24)19-20(21,17(13)18(14)26-19)7-8-22(16)10-12-1-2-12/h3-4,12,16,19,23,25H,1-2,5-11H2/t16-,19?,20+,21-/m1/s1. The highest BCUT2D eigenvalue weighted by Crippen LogP contribution is 2.64. The molecule has 1 saturated heterocycles. The molecule has 2 heterocycles. The van der Waals surface area contributed by atoms with Crippen LogP contribution in [0, 0.1) is 5.92 Å². The third-order valence-electron chi connectivity index (χ3n) is 7.83. The first-order chi connectivity index (χ1) is 12.6. The van der Waals surface area contributed by atoms with Crippen molar-refractivity contribution in [2.75, 3.05) is 13.1 Å². The van der Waals surface area contributed by atoms with E-state index in [1.165, 1.54) is 18.4 Å². The molecule has 26 heavy (non-hydrogen) atoms. The van der Waals surface area contributed by atoms with Crippen LogP contribution >= 0.6 is 0 Å². The van der Waals surface area contributed by atoms with Crippen molar-refractivity contribution in [3.05, 3.63) is 28.8 Å². The van der Waals surface area contributed by atoms with Gasteiger partial charge in [-0.2, -0.15) is 0 Å². The van der Waals surface area contributed by atoms with Crippen LogP contribution in [0.3, 0.4) is 0 Å². The monoisotopic (exact) mass is 355 g/mol. The van der Waals surface area contributed by atoms with Gasteiger partial charge in [-0.3, -0.25) is 9.69 Å². The molecule has 2 saturated carbocycles. The predicted molar refractivity (Wildman–Crippen MR) is 94.1 cm³/mol. The number of nitrogens with zero attached hydrogens (tertiary/aromatic N) is 1. The van der Waals surface area contributed by atoms with Gasteiger partial charge < -0.3 is 14.9 Å². The predicted octanol–water partition coefficient (Wildman–Crippen LogP) is 1.31. The molecule has 138 valence electrons. The van der Waals surface area contributed by atoms with Crippen LogP contribution in [0.5, 0.6) is 5.75 Å². The summed E-state index contributed by atoms with van der Waals surface area (Å²) in [6.07, 6.45) is 4.50. The zero-order valence-corrected chi connectivity index (χ0v) is 14.9. The molecule has 1 aromatic rings. The first-order valence-corrected chi connectivity index (χ1v) is 10.0. The summed E-state index contributed by atoms with van der Waals surface area (Å²) in [6, 6.07) is 4.08. The molecule has 4 atom stereocenters. The first-order valence-electron chi connectivity index (χ1n) is 10.0. The van der Waals surface area contributed by atoms with E-state index in [0.29, 0.717) is 18.6 Å². The third-order valence-corrected chi connectivity index (χ3v) is 7.83. The van der Waals surface area contributed by atoms with Crippen molar-refractivity contribution in [1.82, 2.24) is 4.90 Å². The average molecular weight is 355 g/mol. The van der Waals surface area contributed by atoms with E-state index in [1.807, 2.05) is 6.07 Å². The lowest BCUT2D eigenvalue weighted by Gasteiger charge is -2.62. The number of carbonyl (C=O) groups is 1. The summed E-state index contributed by atoms with van der Waals surface area (Å²) in [4.78, 5) is 15.3. The maximum atomic E-state index is 12.8. The Balaban J connectivity index is 1.57. The number of aliphatic hydroxyl groups excluding tert-OH is 1. The molecule has 2 aliphatic heterocycles. The van der Waals surface area contributed by atoms with E-state index in [1.54, 1.807) is 0 Å². The highest BCUT2D eigenvalue weighted by atomic mass is 16.5. The number of likely N-dealkylation sites (tertiary alicyclic amines) is 1. The molecule has 5 heteroatoms. The molecule has 6 rings (SSSR count). The smallest absolute Gasteiger partial charge is 0.174 e. The SMILES string of the molecule is O=C1CC[C@@]2(O)[C@H]3Cc4ccc(CO)c5c4[C@@]2(CCN3CC2CC2)C1O5. The molecule has 3 fully saturated rings. The van der Waals surface area contributed by atoms with E-state index in [0.717, 1.165) is 43.0 Å². The fourth-order valence-electron chi connectivity index (χ4n) is 6.46. The maximum absolute atomic E-state index is 12.8. The Hall–Kier alpha value is -1.43. The number of rotatable bonds is 3. The Morgan fingerprint density at radius 1 is 1.27 bits per heavy atom. The van der Waals surface area contributed by atoms with E-state index in [-0.39, 0.29) is 18.4 Å².